The lowest BCUT2D eigenvalue weighted by atomic mass is 10.2. The number of carbonyl (C=O) groups is 1. The zero-order valence-electron chi connectivity index (χ0n) is 16.6. The lowest BCUT2D eigenvalue weighted by Crippen LogP contribution is -2.23. The third-order valence-electron chi connectivity index (χ3n) is 4.34. The predicted octanol–water partition coefficient (Wildman–Crippen LogP) is 3.43. The molecular weight excluding hydrogens is 404 g/mol. The monoisotopic (exact) mass is 426 g/mol. The molecule has 0 saturated carbocycles. The highest BCUT2D eigenvalue weighted by atomic mass is 32.2. The Bertz CT molecular complexity index is 1130. The Morgan fingerprint density at radius 3 is 2.27 bits per heavy atom. The fourth-order valence-electron chi connectivity index (χ4n) is 2.74. The molecule has 0 atom stereocenters. The van der Waals surface area contributed by atoms with Crippen LogP contribution in [0.1, 0.15) is 15.9 Å². The Balaban J connectivity index is 1.71. The third kappa shape index (κ3) is 5.30. The second kappa shape index (κ2) is 9.32. The van der Waals surface area contributed by atoms with E-state index in [1.807, 2.05) is 24.3 Å². The van der Waals surface area contributed by atoms with Gasteiger partial charge in [-0.2, -0.15) is 0 Å². The van der Waals surface area contributed by atoms with Crippen molar-refractivity contribution in [3.63, 3.8) is 0 Å². The van der Waals surface area contributed by atoms with Crippen LogP contribution in [0.3, 0.4) is 0 Å². The molecule has 0 fully saturated rings. The van der Waals surface area contributed by atoms with Gasteiger partial charge in [0.2, 0.25) is 0 Å². The summed E-state index contributed by atoms with van der Waals surface area (Å²) in [4.78, 5) is 12.5. The number of methoxy groups -OCH3 is 2. The molecule has 30 heavy (non-hydrogen) atoms. The van der Waals surface area contributed by atoms with Crippen LogP contribution in [-0.2, 0) is 16.6 Å². The van der Waals surface area contributed by atoms with E-state index in [1.165, 1.54) is 25.3 Å². The molecule has 3 aromatic rings. The molecule has 156 valence electrons. The Labute approximate surface area is 175 Å². The Kier molecular flexibility index (Phi) is 6.58. The van der Waals surface area contributed by atoms with Crippen LogP contribution >= 0.6 is 0 Å². The van der Waals surface area contributed by atoms with Crippen molar-refractivity contribution >= 4 is 21.6 Å². The van der Waals surface area contributed by atoms with Gasteiger partial charge in [-0.1, -0.05) is 18.2 Å². The molecule has 0 saturated heterocycles. The van der Waals surface area contributed by atoms with E-state index in [9.17, 15) is 13.2 Å². The number of hydrogen-bond acceptors (Lipinski definition) is 5. The van der Waals surface area contributed by atoms with Crippen LogP contribution in [0.2, 0.25) is 0 Å². The lowest BCUT2D eigenvalue weighted by molar-refractivity contribution is 0.0950. The van der Waals surface area contributed by atoms with E-state index < -0.39 is 10.0 Å². The minimum Gasteiger partial charge on any atom is -0.497 e. The zero-order chi connectivity index (χ0) is 21.6. The predicted molar refractivity (Wildman–Crippen MR) is 114 cm³/mol. The van der Waals surface area contributed by atoms with Crippen molar-refractivity contribution in [2.24, 2.45) is 0 Å². The van der Waals surface area contributed by atoms with E-state index in [-0.39, 0.29) is 22.9 Å². The second-order valence-corrected chi connectivity index (χ2v) is 8.08. The molecule has 0 aliphatic rings. The average molecular weight is 426 g/mol. The van der Waals surface area contributed by atoms with Crippen LogP contribution in [0.5, 0.6) is 11.5 Å². The minimum atomic E-state index is -3.85. The molecule has 8 heteroatoms. The first-order valence-electron chi connectivity index (χ1n) is 9.09. The fourth-order valence-corrected chi connectivity index (χ4v) is 3.85. The number of benzene rings is 3. The number of carbonyl (C=O) groups excluding carboxylic acids is 1. The van der Waals surface area contributed by atoms with E-state index >= 15 is 0 Å². The Morgan fingerprint density at radius 2 is 1.57 bits per heavy atom. The van der Waals surface area contributed by atoms with Crippen LogP contribution in [-0.4, -0.2) is 28.5 Å². The van der Waals surface area contributed by atoms with Crippen molar-refractivity contribution in [2.45, 2.75) is 11.4 Å². The number of anilines is 1. The number of sulfonamides is 1. The highest BCUT2D eigenvalue weighted by Crippen LogP contribution is 2.20. The van der Waals surface area contributed by atoms with E-state index in [2.05, 4.69) is 10.0 Å². The van der Waals surface area contributed by atoms with Crippen LogP contribution in [0.25, 0.3) is 0 Å². The maximum absolute atomic E-state index is 12.7. The van der Waals surface area contributed by atoms with Crippen LogP contribution in [0, 0.1) is 0 Å². The summed E-state index contributed by atoms with van der Waals surface area (Å²) in [5.74, 6) is 0.936. The van der Waals surface area contributed by atoms with E-state index in [0.29, 0.717) is 17.2 Å². The van der Waals surface area contributed by atoms with Crippen molar-refractivity contribution in [3.8, 4) is 11.5 Å². The summed E-state index contributed by atoms with van der Waals surface area (Å²) < 4.78 is 38.1. The van der Waals surface area contributed by atoms with E-state index in [0.717, 1.165) is 5.56 Å². The van der Waals surface area contributed by atoms with Gasteiger partial charge in [-0.3, -0.25) is 9.52 Å². The molecule has 0 unspecified atom stereocenters. The minimum absolute atomic E-state index is 0.00708. The van der Waals surface area contributed by atoms with Gasteiger partial charge in [-0.25, -0.2) is 8.42 Å². The molecule has 3 rings (SSSR count). The summed E-state index contributed by atoms with van der Waals surface area (Å²) in [6, 6.07) is 19.7. The molecule has 0 aliphatic heterocycles. The summed E-state index contributed by atoms with van der Waals surface area (Å²) in [5, 5.41) is 2.78. The molecule has 0 spiro atoms. The molecular formula is C22H22N2O5S. The number of hydrogen-bond donors (Lipinski definition) is 2. The van der Waals surface area contributed by atoms with Gasteiger partial charge < -0.3 is 14.8 Å². The van der Waals surface area contributed by atoms with Gasteiger partial charge in [0.1, 0.15) is 11.5 Å². The maximum Gasteiger partial charge on any atom is 0.261 e. The van der Waals surface area contributed by atoms with Crippen molar-refractivity contribution in [2.75, 3.05) is 18.9 Å². The molecule has 0 heterocycles. The van der Waals surface area contributed by atoms with Crippen LogP contribution in [0.15, 0.2) is 77.7 Å². The third-order valence-corrected chi connectivity index (χ3v) is 5.71. The molecule has 7 nitrogen and oxygen atoms in total. The fraction of sp³-hybridized carbons (Fsp3) is 0.136. The summed E-state index contributed by atoms with van der Waals surface area (Å²) in [6.07, 6.45) is 0. The standard InChI is InChI=1S/C22H22N2O5S/c1-28-19-11-9-18(10-12-19)24-30(26,27)21-8-4-6-17(14-21)22(25)23-15-16-5-3-7-20(13-16)29-2/h3-14,24H,15H2,1-2H3,(H,23,25). The summed E-state index contributed by atoms with van der Waals surface area (Å²) in [6.45, 7) is 0.289. The van der Waals surface area contributed by atoms with E-state index in [4.69, 9.17) is 9.47 Å². The molecule has 3 aromatic carbocycles. The van der Waals surface area contributed by atoms with Crippen molar-refractivity contribution in [1.82, 2.24) is 5.32 Å². The van der Waals surface area contributed by atoms with Crippen LogP contribution < -0.4 is 19.5 Å². The number of amides is 1. The SMILES string of the molecule is COc1ccc(NS(=O)(=O)c2cccc(C(=O)NCc3cccc(OC)c3)c2)cc1. The molecule has 1 amide bonds. The second-order valence-electron chi connectivity index (χ2n) is 6.40. The van der Waals surface area contributed by atoms with Gasteiger partial charge in [0.25, 0.3) is 15.9 Å². The first-order valence-corrected chi connectivity index (χ1v) is 10.6. The smallest absolute Gasteiger partial charge is 0.261 e. The quantitative estimate of drug-likeness (QED) is 0.576. The lowest BCUT2D eigenvalue weighted by Gasteiger charge is -2.11. The summed E-state index contributed by atoms with van der Waals surface area (Å²) in [7, 11) is -0.748. The molecule has 0 bridgehead atoms. The number of ether oxygens (including phenoxy) is 2. The first kappa shape index (κ1) is 21.2. The number of rotatable bonds is 8. The average Bonchev–Trinajstić information content (AvgIpc) is 2.78. The highest BCUT2D eigenvalue weighted by Gasteiger charge is 2.16. The van der Waals surface area contributed by atoms with Crippen LogP contribution in [0.4, 0.5) is 5.69 Å². The van der Waals surface area contributed by atoms with Gasteiger partial charge in [0.15, 0.2) is 0 Å². The normalized spacial score (nSPS) is 10.9. The number of nitrogens with one attached hydrogen (secondary N) is 2. The molecule has 0 aliphatic carbocycles. The van der Waals surface area contributed by atoms with E-state index in [1.54, 1.807) is 37.4 Å². The highest BCUT2D eigenvalue weighted by molar-refractivity contribution is 7.92. The van der Waals surface area contributed by atoms with Crippen molar-refractivity contribution in [1.29, 1.82) is 0 Å². The van der Waals surface area contributed by atoms with Crippen molar-refractivity contribution in [3.05, 3.63) is 83.9 Å². The summed E-state index contributed by atoms with van der Waals surface area (Å²) >= 11 is 0. The largest absolute Gasteiger partial charge is 0.497 e. The van der Waals surface area contributed by atoms with Gasteiger partial charge in [-0.15, -0.1) is 0 Å². The zero-order valence-corrected chi connectivity index (χ0v) is 17.4. The molecule has 2 N–H and O–H groups in total. The summed E-state index contributed by atoms with van der Waals surface area (Å²) in [5.41, 5.74) is 1.51. The topological polar surface area (TPSA) is 93.7 Å². The molecule has 0 aromatic heterocycles. The van der Waals surface area contributed by atoms with Gasteiger partial charge >= 0.3 is 0 Å². The van der Waals surface area contributed by atoms with Gasteiger partial charge in [0.05, 0.1) is 19.1 Å². The van der Waals surface area contributed by atoms with Gasteiger partial charge in [0, 0.05) is 17.8 Å². The molecule has 0 radical (unpaired) electrons. The Morgan fingerprint density at radius 1 is 0.867 bits per heavy atom. The Hall–Kier alpha value is -3.52. The first-order chi connectivity index (χ1) is 14.4. The van der Waals surface area contributed by atoms with Gasteiger partial charge in [-0.05, 0) is 60.2 Å². The maximum atomic E-state index is 12.7. The van der Waals surface area contributed by atoms with Crippen molar-refractivity contribution < 1.29 is 22.7 Å².